The fourth-order valence-corrected chi connectivity index (χ4v) is 1.85. The van der Waals surface area contributed by atoms with Crippen molar-refractivity contribution in [2.75, 3.05) is 26.2 Å². The van der Waals surface area contributed by atoms with Gasteiger partial charge in [-0.25, -0.2) is 4.79 Å². The number of likely N-dealkylation sites (tertiary alicyclic amines) is 1. The highest BCUT2D eigenvalue weighted by Crippen LogP contribution is 2.23. The summed E-state index contributed by atoms with van der Waals surface area (Å²) in [5.41, 5.74) is 6.64. The standard InChI is InChI=1S/C11H20N2O2/c1-3-15-11(14)13-6-4-10(5-7-13)9(2)8-12/h10H,2-8,12H2,1H3. The minimum atomic E-state index is -0.200. The van der Waals surface area contributed by atoms with E-state index in [1.807, 2.05) is 6.92 Å². The average Bonchev–Trinajstić information content (AvgIpc) is 2.28. The van der Waals surface area contributed by atoms with Crippen LogP contribution in [0.1, 0.15) is 19.8 Å². The van der Waals surface area contributed by atoms with E-state index in [1.165, 1.54) is 0 Å². The Morgan fingerprint density at radius 1 is 1.53 bits per heavy atom. The topological polar surface area (TPSA) is 55.6 Å². The van der Waals surface area contributed by atoms with Gasteiger partial charge in [-0.15, -0.1) is 0 Å². The van der Waals surface area contributed by atoms with E-state index in [9.17, 15) is 4.79 Å². The molecule has 1 heterocycles. The summed E-state index contributed by atoms with van der Waals surface area (Å²) in [5.74, 6) is 0.473. The zero-order valence-corrected chi connectivity index (χ0v) is 9.37. The fraction of sp³-hybridized carbons (Fsp3) is 0.727. The fourth-order valence-electron chi connectivity index (χ4n) is 1.85. The van der Waals surface area contributed by atoms with Crippen LogP contribution in [0.5, 0.6) is 0 Å². The molecule has 1 aliphatic heterocycles. The molecular formula is C11H20N2O2. The van der Waals surface area contributed by atoms with Gasteiger partial charge in [0.2, 0.25) is 0 Å². The first-order chi connectivity index (χ1) is 7.19. The molecule has 15 heavy (non-hydrogen) atoms. The summed E-state index contributed by atoms with van der Waals surface area (Å²) in [4.78, 5) is 13.2. The van der Waals surface area contributed by atoms with Crippen molar-refractivity contribution in [3.63, 3.8) is 0 Å². The Kier molecular flexibility index (Phi) is 4.62. The van der Waals surface area contributed by atoms with Crippen molar-refractivity contribution in [3.8, 4) is 0 Å². The molecule has 4 nitrogen and oxygen atoms in total. The smallest absolute Gasteiger partial charge is 0.409 e. The Bertz CT molecular complexity index is 233. The molecule has 2 N–H and O–H groups in total. The van der Waals surface area contributed by atoms with E-state index >= 15 is 0 Å². The number of nitrogens with two attached hydrogens (primary N) is 1. The van der Waals surface area contributed by atoms with Crippen molar-refractivity contribution in [3.05, 3.63) is 12.2 Å². The van der Waals surface area contributed by atoms with E-state index in [4.69, 9.17) is 10.5 Å². The lowest BCUT2D eigenvalue weighted by Gasteiger charge is -2.31. The second-order valence-corrected chi connectivity index (χ2v) is 3.82. The summed E-state index contributed by atoms with van der Waals surface area (Å²) in [6.45, 7) is 8.25. The second-order valence-electron chi connectivity index (χ2n) is 3.82. The van der Waals surface area contributed by atoms with Crippen LogP contribution in [-0.4, -0.2) is 37.2 Å². The normalized spacial score (nSPS) is 17.6. The highest BCUT2D eigenvalue weighted by molar-refractivity contribution is 5.67. The molecule has 0 aliphatic carbocycles. The van der Waals surface area contributed by atoms with Gasteiger partial charge in [0.05, 0.1) is 6.61 Å². The number of carbonyl (C=O) groups excluding carboxylic acids is 1. The third-order valence-corrected chi connectivity index (χ3v) is 2.86. The summed E-state index contributed by atoms with van der Waals surface area (Å²) in [6.07, 6.45) is 1.71. The van der Waals surface area contributed by atoms with Crippen LogP contribution in [0.15, 0.2) is 12.2 Å². The first-order valence-electron chi connectivity index (χ1n) is 5.48. The minimum absolute atomic E-state index is 0.200. The molecule has 0 aromatic carbocycles. The monoisotopic (exact) mass is 212 g/mol. The van der Waals surface area contributed by atoms with Crippen molar-refractivity contribution in [1.82, 2.24) is 4.90 Å². The lowest BCUT2D eigenvalue weighted by Crippen LogP contribution is -2.39. The van der Waals surface area contributed by atoms with Crippen LogP contribution in [0, 0.1) is 5.92 Å². The van der Waals surface area contributed by atoms with Crippen LogP contribution in [0.4, 0.5) is 4.79 Å². The predicted molar refractivity (Wildman–Crippen MR) is 59.5 cm³/mol. The molecule has 86 valence electrons. The van der Waals surface area contributed by atoms with Crippen LogP contribution in [-0.2, 0) is 4.74 Å². The van der Waals surface area contributed by atoms with E-state index in [2.05, 4.69) is 6.58 Å². The van der Waals surface area contributed by atoms with Gasteiger partial charge in [0.25, 0.3) is 0 Å². The SMILES string of the molecule is C=C(CN)C1CCN(C(=O)OCC)CC1. The summed E-state index contributed by atoms with van der Waals surface area (Å²) < 4.78 is 4.94. The molecule has 1 fully saturated rings. The predicted octanol–water partition coefficient (Wildman–Crippen LogP) is 1.37. The second kappa shape index (κ2) is 5.75. The van der Waals surface area contributed by atoms with E-state index < -0.39 is 0 Å². The molecule has 1 amide bonds. The van der Waals surface area contributed by atoms with Crippen LogP contribution in [0.25, 0.3) is 0 Å². The largest absolute Gasteiger partial charge is 0.450 e. The molecule has 0 unspecified atom stereocenters. The number of amides is 1. The Hall–Kier alpha value is -1.03. The van der Waals surface area contributed by atoms with Crippen LogP contribution < -0.4 is 5.73 Å². The van der Waals surface area contributed by atoms with E-state index in [1.54, 1.807) is 4.90 Å². The Labute approximate surface area is 91.1 Å². The maximum absolute atomic E-state index is 11.4. The van der Waals surface area contributed by atoms with Gasteiger partial charge in [-0.1, -0.05) is 12.2 Å². The number of nitrogens with zero attached hydrogens (tertiary/aromatic N) is 1. The van der Waals surface area contributed by atoms with Gasteiger partial charge in [0.1, 0.15) is 0 Å². The lowest BCUT2D eigenvalue weighted by atomic mass is 9.90. The van der Waals surface area contributed by atoms with E-state index in [0.717, 1.165) is 31.5 Å². The third-order valence-electron chi connectivity index (χ3n) is 2.86. The number of ether oxygens (including phenoxy) is 1. The van der Waals surface area contributed by atoms with Crippen LogP contribution in [0.3, 0.4) is 0 Å². The van der Waals surface area contributed by atoms with Crippen LogP contribution >= 0.6 is 0 Å². The zero-order valence-electron chi connectivity index (χ0n) is 9.37. The summed E-state index contributed by atoms with van der Waals surface area (Å²) in [5, 5.41) is 0. The van der Waals surface area contributed by atoms with Gasteiger partial charge in [-0.05, 0) is 25.7 Å². The molecule has 0 spiro atoms. The summed E-state index contributed by atoms with van der Waals surface area (Å²) in [6, 6.07) is 0. The van der Waals surface area contributed by atoms with Gasteiger partial charge in [0, 0.05) is 19.6 Å². The Morgan fingerprint density at radius 3 is 2.60 bits per heavy atom. The lowest BCUT2D eigenvalue weighted by molar-refractivity contribution is 0.0945. The molecular weight excluding hydrogens is 192 g/mol. The molecule has 0 aromatic rings. The van der Waals surface area contributed by atoms with Crippen molar-refractivity contribution in [1.29, 1.82) is 0 Å². The van der Waals surface area contributed by atoms with Gasteiger partial charge in [-0.2, -0.15) is 0 Å². The highest BCUT2D eigenvalue weighted by atomic mass is 16.6. The number of carbonyl (C=O) groups is 1. The number of hydrogen-bond donors (Lipinski definition) is 1. The van der Waals surface area contributed by atoms with Crippen molar-refractivity contribution in [2.24, 2.45) is 11.7 Å². The van der Waals surface area contributed by atoms with Gasteiger partial charge in [-0.3, -0.25) is 0 Å². The first-order valence-corrected chi connectivity index (χ1v) is 5.48. The maximum atomic E-state index is 11.4. The van der Waals surface area contributed by atoms with Crippen molar-refractivity contribution < 1.29 is 9.53 Å². The molecule has 0 aromatic heterocycles. The molecule has 0 radical (unpaired) electrons. The zero-order chi connectivity index (χ0) is 11.3. The van der Waals surface area contributed by atoms with Gasteiger partial charge < -0.3 is 15.4 Å². The molecule has 0 atom stereocenters. The maximum Gasteiger partial charge on any atom is 0.409 e. The quantitative estimate of drug-likeness (QED) is 0.719. The minimum Gasteiger partial charge on any atom is -0.450 e. The van der Waals surface area contributed by atoms with Gasteiger partial charge >= 0.3 is 6.09 Å². The summed E-state index contributed by atoms with van der Waals surface area (Å²) in [7, 11) is 0. The highest BCUT2D eigenvalue weighted by Gasteiger charge is 2.24. The van der Waals surface area contributed by atoms with Crippen molar-refractivity contribution >= 4 is 6.09 Å². The molecule has 1 saturated heterocycles. The molecule has 0 bridgehead atoms. The van der Waals surface area contributed by atoms with E-state index in [0.29, 0.717) is 19.1 Å². The Balaban J connectivity index is 2.35. The molecule has 1 rings (SSSR count). The molecule has 4 heteroatoms. The average molecular weight is 212 g/mol. The summed E-state index contributed by atoms with van der Waals surface area (Å²) >= 11 is 0. The van der Waals surface area contributed by atoms with Crippen molar-refractivity contribution in [2.45, 2.75) is 19.8 Å². The number of hydrogen-bond acceptors (Lipinski definition) is 3. The first kappa shape index (κ1) is 12.0. The number of rotatable bonds is 3. The van der Waals surface area contributed by atoms with Crippen LogP contribution in [0.2, 0.25) is 0 Å². The molecule has 1 aliphatic rings. The number of piperidine rings is 1. The van der Waals surface area contributed by atoms with E-state index in [-0.39, 0.29) is 6.09 Å². The Morgan fingerprint density at radius 2 is 2.13 bits per heavy atom. The van der Waals surface area contributed by atoms with Gasteiger partial charge in [0.15, 0.2) is 0 Å². The molecule has 0 saturated carbocycles. The third kappa shape index (κ3) is 3.23.